The van der Waals surface area contributed by atoms with Crippen molar-refractivity contribution < 1.29 is 22.1 Å². The number of aryl methyl sites for hydroxylation is 2. The van der Waals surface area contributed by atoms with Crippen LogP contribution in [0.15, 0.2) is 23.1 Å². The molecule has 0 spiro atoms. The van der Waals surface area contributed by atoms with Crippen molar-refractivity contribution in [1.29, 1.82) is 0 Å². The summed E-state index contributed by atoms with van der Waals surface area (Å²) in [4.78, 5) is 14.7. The molecule has 130 valence electrons. The van der Waals surface area contributed by atoms with Crippen LogP contribution in [-0.4, -0.2) is 24.1 Å². The molecule has 0 bridgehead atoms. The molecule has 0 saturated carbocycles. The van der Waals surface area contributed by atoms with Crippen LogP contribution in [0.25, 0.3) is 0 Å². The molecule has 1 heterocycles. The van der Waals surface area contributed by atoms with E-state index in [0.717, 1.165) is 22.0 Å². The lowest BCUT2D eigenvalue weighted by atomic mass is 10.2. The number of nitro benzene ring substituents is 1. The third kappa shape index (κ3) is 3.67. The van der Waals surface area contributed by atoms with Crippen LogP contribution in [0, 0.1) is 24.0 Å². The predicted octanol–water partition coefficient (Wildman–Crippen LogP) is 3.28. The molecule has 0 amide bonds. The SMILES string of the molecule is Cc1nc(CNc2ccc(S(=O)(=O)C(F)F)cc2[N+](=O)[O-])c(C)s1. The number of nitro groups is 1. The summed E-state index contributed by atoms with van der Waals surface area (Å²) in [5, 5.41) is 14.8. The Hall–Kier alpha value is -2.14. The van der Waals surface area contributed by atoms with E-state index in [1.807, 2.05) is 13.8 Å². The van der Waals surface area contributed by atoms with Crippen LogP contribution in [0.1, 0.15) is 15.6 Å². The summed E-state index contributed by atoms with van der Waals surface area (Å²) in [6, 6.07) is 2.64. The highest BCUT2D eigenvalue weighted by Gasteiger charge is 2.29. The number of aromatic nitrogens is 1. The van der Waals surface area contributed by atoms with E-state index < -0.39 is 31.1 Å². The number of halogens is 2. The van der Waals surface area contributed by atoms with Gasteiger partial charge in [0.25, 0.3) is 5.69 Å². The van der Waals surface area contributed by atoms with Gasteiger partial charge < -0.3 is 5.32 Å². The first-order valence-electron chi connectivity index (χ1n) is 6.60. The number of nitrogens with zero attached hydrogens (tertiary/aromatic N) is 2. The van der Waals surface area contributed by atoms with Crippen molar-refractivity contribution >= 4 is 32.5 Å². The summed E-state index contributed by atoms with van der Waals surface area (Å²) in [7, 11) is -4.90. The fourth-order valence-electron chi connectivity index (χ4n) is 2.01. The van der Waals surface area contributed by atoms with Gasteiger partial charge in [-0.05, 0) is 26.0 Å². The predicted molar refractivity (Wildman–Crippen MR) is 85.2 cm³/mol. The zero-order valence-electron chi connectivity index (χ0n) is 12.6. The molecule has 0 aliphatic rings. The van der Waals surface area contributed by atoms with Crippen molar-refractivity contribution in [3.63, 3.8) is 0 Å². The first-order chi connectivity index (χ1) is 11.1. The fraction of sp³-hybridized carbons (Fsp3) is 0.308. The second kappa shape index (κ2) is 6.77. The monoisotopic (exact) mass is 377 g/mol. The maximum absolute atomic E-state index is 12.6. The van der Waals surface area contributed by atoms with Gasteiger partial charge in [0.05, 0.1) is 27.1 Å². The normalized spacial score (nSPS) is 11.7. The molecule has 0 unspecified atom stereocenters. The van der Waals surface area contributed by atoms with Crippen LogP contribution < -0.4 is 5.32 Å². The van der Waals surface area contributed by atoms with Gasteiger partial charge in [-0.1, -0.05) is 0 Å². The van der Waals surface area contributed by atoms with Gasteiger partial charge in [-0.3, -0.25) is 10.1 Å². The Morgan fingerprint density at radius 2 is 2.04 bits per heavy atom. The summed E-state index contributed by atoms with van der Waals surface area (Å²) in [6.07, 6.45) is 0. The number of nitrogens with one attached hydrogen (secondary N) is 1. The van der Waals surface area contributed by atoms with Gasteiger partial charge in [0, 0.05) is 10.9 Å². The van der Waals surface area contributed by atoms with Crippen molar-refractivity contribution in [2.24, 2.45) is 0 Å². The molecule has 7 nitrogen and oxygen atoms in total. The van der Waals surface area contributed by atoms with Gasteiger partial charge in [-0.15, -0.1) is 11.3 Å². The Morgan fingerprint density at radius 1 is 1.38 bits per heavy atom. The number of sulfone groups is 1. The van der Waals surface area contributed by atoms with Crippen LogP contribution in [0.4, 0.5) is 20.2 Å². The van der Waals surface area contributed by atoms with Crippen molar-refractivity contribution in [3.05, 3.63) is 43.9 Å². The number of hydrogen-bond donors (Lipinski definition) is 1. The zero-order valence-corrected chi connectivity index (χ0v) is 14.2. The number of hydrogen-bond acceptors (Lipinski definition) is 7. The summed E-state index contributed by atoms with van der Waals surface area (Å²) in [5.41, 5.74) is 0.135. The number of alkyl halides is 2. The molecule has 0 atom stereocenters. The second-order valence-corrected chi connectivity index (χ2v) is 8.16. The minimum absolute atomic E-state index is 0.0262. The Morgan fingerprint density at radius 3 is 2.54 bits per heavy atom. The molecular formula is C13H13F2N3O4S2. The Labute approximate surface area is 140 Å². The van der Waals surface area contributed by atoms with Crippen molar-refractivity contribution in [2.45, 2.75) is 31.0 Å². The van der Waals surface area contributed by atoms with E-state index in [4.69, 9.17) is 0 Å². The van der Waals surface area contributed by atoms with Gasteiger partial charge in [-0.25, -0.2) is 13.4 Å². The van der Waals surface area contributed by atoms with Crippen molar-refractivity contribution in [1.82, 2.24) is 4.98 Å². The summed E-state index contributed by atoms with van der Waals surface area (Å²) in [5.74, 6) is -3.64. The van der Waals surface area contributed by atoms with E-state index in [-0.39, 0.29) is 12.2 Å². The smallest absolute Gasteiger partial charge is 0.341 e. The van der Waals surface area contributed by atoms with Crippen LogP contribution in [-0.2, 0) is 16.4 Å². The first kappa shape index (κ1) is 18.2. The van der Waals surface area contributed by atoms with Crippen molar-refractivity contribution in [2.75, 3.05) is 5.32 Å². The van der Waals surface area contributed by atoms with Gasteiger partial charge in [-0.2, -0.15) is 8.78 Å². The third-order valence-electron chi connectivity index (χ3n) is 3.17. The highest BCUT2D eigenvalue weighted by Crippen LogP contribution is 2.30. The molecule has 2 aromatic rings. The van der Waals surface area contributed by atoms with E-state index in [0.29, 0.717) is 11.8 Å². The van der Waals surface area contributed by atoms with E-state index in [9.17, 15) is 27.3 Å². The molecule has 2 rings (SSSR count). The molecule has 1 N–H and O–H groups in total. The molecule has 0 saturated heterocycles. The third-order valence-corrected chi connectivity index (χ3v) is 5.48. The van der Waals surface area contributed by atoms with E-state index in [1.54, 1.807) is 0 Å². The maximum Gasteiger partial charge on any atom is 0.341 e. The fourth-order valence-corrected chi connectivity index (χ4v) is 3.58. The standard InChI is InChI=1S/C13H13F2N3O4S2/c1-7-11(17-8(2)23-7)6-16-10-4-3-9(5-12(10)18(19)20)24(21,22)13(14)15/h3-5,13,16H,6H2,1-2H3. The van der Waals surface area contributed by atoms with Crippen LogP contribution in [0.2, 0.25) is 0 Å². The van der Waals surface area contributed by atoms with Crippen LogP contribution >= 0.6 is 11.3 Å². The molecule has 1 aromatic carbocycles. The van der Waals surface area contributed by atoms with E-state index in [1.165, 1.54) is 11.3 Å². The molecule has 0 radical (unpaired) electrons. The lowest BCUT2D eigenvalue weighted by Gasteiger charge is -2.08. The highest BCUT2D eigenvalue weighted by atomic mass is 32.2. The first-order valence-corrected chi connectivity index (χ1v) is 8.96. The molecule has 0 fully saturated rings. The lowest BCUT2D eigenvalue weighted by Crippen LogP contribution is -2.12. The average molecular weight is 377 g/mol. The van der Waals surface area contributed by atoms with E-state index in [2.05, 4.69) is 10.3 Å². The Balaban J connectivity index is 2.34. The lowest BCUT2D eigenvalue weighted by molar-refractivity contribution is -0.384. The highest BCUT2D eigenvalue weighted by molar-refractivity contribution is 7.91. The largest absolute Gasteiger partial charge is 0.374 e. The number of thiazole rings is 1. The zero-order chi connectivity index (χ0) is 18.1. The van der Waals surface area contributed by atoms with Gasteiger partial charge in [0.2, 0.25) is 9.84 Å². The summed E-state index contributed by atoms with van der Waals surface area (Å²) >= 11 is 1.48. The summed E-state index contributed by atoms with van der Waals surface area (Å²) < 4.78 is 48.0. The molecule has 11 heteroatoms. The number of rotatable bonds is 6. The second-order valence-electron chi connectivity index (χ2n) is 4.83. The van der Waals surface area contributed by atoms with Gasteiger partial charge in [0.15, 0.2) is 0 Å². The minimum atomic E-state index is -4.90. The maximum atomic E-state index is 12.6. The quantitative estimate of drug-likeness (QED) is 0.612. The molecule has 24 heavy (non-hydrogen) atoms. The number of benzene rings is 1. The molecule has 0 aliphatic carbocycles. The van der Waals surface area contributed by atoms with Gasteiger partial charge in [0.1, 0.15) is 5.69 Å². The van der Waals surface area contributed by atoms with Crippen molar-refractivity contribution in [3.8, 4) is 0 Å². The summed E-state index contributed by atoms with van der Waals surface area (Å²) in [6.45, 7) is 3.87. The molecule has 1 aromatic heterocycles. The minimum Gasteiger partial charge on any atom is -0.374 e. The molecular weight excluding hydrogens is 364 g/mol. The van der Waals surface area contributed by atoms with Crippen LogP contribution in [0.5, 0.6) is 0 Å². The Bertz CT molecular complexity index is 881. The van der Waals surface area contributed by atoms with E-state index >= 15 is 0 Å². The molecule has 0 aliphatic heterocycles. The van der Waals surface area contributed by atoms with Gasteiger partial charge >= 0.3 is 5.76 Å². The average Bonchev–Trinajstić information content (AvgIpc) is 2.82. The van der Waals surface area contributed by atoms with Crippen LogP contribution in [0.3, 0.4) is 0 Å². The Kier molecular flexibility index (Phi) is 5.13. The topological polar surface area (TPSA) is 102 Å². The number of anilines is 1.